The molecule has 9 nitrogen and oxygen atoms in total. The zero-order valence-electron chi connectivity index (χ0n) is 28.7. The van der Waals surface area contributed by atoms with Crippen LogP contribution in [0.25, 0.3) is 0 Å². The molecular formula is C37H64N2O7. The van der Waals surface area contributed by atoms with Crippen LogP contribution in [0.15, 0.2) is 35.2 Å². The van der Waals surface area contributed by atoms with Crippen LogP contribution in [-0.4, -0.2) is 71.0 Å². The third-order valence-corrected chi connectivity index (χ3v) is 8.49. The number of aliphatic hydroxyl groups is 1. The first-order valence-corrected chi connectivity index (χ1v) is 18.1. The summed E-state index contributed by atoms with van der Waals surface area (Å²) in [6.07, 6.45) is 25.6. The molecule has 46 heavy (non-hydrogen) atoms. The lowest BCUT2D eigenvalue weighted by Gasteiger charge is -2.22. The van der Waals surface area contributed by atoms with Gasteiger partial charge in [0.2, 0.25) is 0 Å². The third-order valence-electron chi connectivity index (χ3n) is 8.49. The average Bonchev–Trinajstić information content (AvgIpc) is 3.21. The number of hydrogen-bond acceptors (Lipinski definition) is 7. The van der Waals surface area contributed by atoms with E-state index in [0.717, 1.165) is 83.0 Å². The van der Waals surface area contributed by atoms with Crippen molar-refractivity contribution in [2.45, 2.75) is 148 Å². The summed E-state index contributed by atoms with van der Waals surface area (Å²) in [7, 11) is 0. The van der Waals surface area contributed by atoms with Crippen LogP contribution < -0.4 is 5.32 Å². The van der Waals surface area contributed by atoms with E-state index < -0.39 is 11.9 Å². The molecule has 0 saturated carbocycles. The molecule has 0 saturated heterocycles. The Morgan fingerprint density at radius 1 is 0.696 bits per heavy atom. The highest BCUT2D eigenvalue weighted by molar-refractivity contribution is 5.69. The molecule has 0 atom stereocenters. The molecule has 1 heterocycles. The summed E-state index contributed by atoms with van der Waals surface area (Å²) in [5.41, 5.74) is 3.53. The van der Waals surface area contributed by atoms with Gasteiger partial charge in [0.1, 0.15) is 0 Å². The van der Waals surface area contributed by atoms with Gasteiger partial charge in [-0.2, -0.15) is 0 Å². The van der Waals surface area contributed by atoms with E-state index in [9.17, 15) is 19.5 Å². The van der Waals surface area contributed by atoms with Crippen molar-refractivity contribution in [1.82, 2.24) is 10.2 Å². The van der Waals surface area contributed by atoms with Gasteiger partial charge < -0.3 is 30.3 Å². The van der Waals surface area contributed by atoms with Crippen molar-refractivity contribution in [3.63, 3.8) is 0 Å². The molecule has 0 aromatic heterocycles. The number of hydrogen-bond donors (Lipinski definition) is 4. The number of carboxylic acids is 2. The van der Waals surface area contributed by atoms with Crippen molar-refractivity contribution >= 4 is 17.9 Å². The number of nitrogens with zero attached hydrogens (tertiary/aromatic N) is 1. The normalized spacial score (nSPS) is 13.1. The van der Waals surface area contributed by atoms with Crippen LogP contribution >= 0.6 is 0 Å². The Morgan fingerprint density at radius 2 is 1.30 bits per heavy atom. The Hall–Kier alpha value is -2.65. The minimum Gasteiger partial charge on any atom is -0.481 e. The van der Waals surface area contributed by atoms with Crippen LogP contribution in [0.2, 0.25) is 0 Å². The molecule has 0 aromatic carbocycles. The van der Waals surface area contributed by atoms with Gasteiger partial charge in [0, 0.05) is 37.7 Å². The summed E-state index contributed by atoms with van der Waals surface area (Å²) in [6.45, 7) is 5.09. The highest BCUT2D eigenvalue weighted by atomic mass is 16.5. The summed E-state index contributed by atoms with van der Waals surface area (Å²) < 4.78 is 5.44. The van der Waals surface area contributed by atoms with E-state index in [-0.39, 0.29) is 25.4 Å². The van der Waals surface area contributed by atoms with Crippen molar-refractivity contribution in [1.29, 1.82) is 0 Å². The van der Waals surface area contributed by atoms with Crippen molar-refractivity contribution in [2.75, 3.05) is 32.8 Å². The van der Waals surface area contributed by atoms with Gasteiger partial charge in [0.05, 0.1) is 13.2 Å². The smallest absolute Gasteiger partial charge is 0.305 e. The Kier molecular flexibility index (Phi) is 25.7. The molecule has 0 aromatic rings. The Bertz CT molecular complexity index is 929. The Balaban J connectivity index is 2.45. The topological polar surface area (TPSA) is 136 Å². The second-order valence-corrected chi connectivity index (χ2v) is 12.5. The molecule has 0 amide bonds. The second-order valence-electron chi connectivity index (χ2n) is 12.5. The maximum atomic E-state index is 12.2. The fraction of sp³-hybridized carbons (Fsp3) is 0.757. The Labute approximate surface area is 278 Å². The molecule has 1 rings (SSSR count). The number of carbonyl (C=O) groups is 3. The van der Waals surface area contributed by atoms with Gasteiger partial charge in [0.15, 0.2) is 0 Å². The fourth-order valence-electron chi connectivity index (χ4n) is 5.86. The molecule has 0 radical (unpaired) electrons. The summed E-state index contributed by atoms with van der Waals surface area (Å²) in [5, 5.41) is 31.1. The first-order chi connectivity index (χ1) is 22.4. The molecule has 0 spiro atoms. The molecule has 264 valence electrons. The SMILES string of the molecule is CCCCCCCCCCCOC(=O)CCCCN(CCO)CCCC1=CC=CNC(CCCCC(=O)O)=C1CCCCC(=O)O. The van der Waals surface area contributed by atoms with Gasteiger partial charge in [-0.25, -0.2) is 0 Å². The number of aliphatic hydroxyl groups excluding tert-OH is 1. The number of carboxylic acid groups (broad SMARTS) is 2. The van der Waals surface area contributed by atoms with Crippen LogP contribution in [0.3, 0.4) is 0 Å². The van der Waals surface area contributed by atoms with Gasteiger partial charge in [-0.1, -0.05) is 64.4 Å². The quantitative estimate of drug-likeness (QED) is 0.0437. The zero-order valence-corrected chi connectivity index (χ0v) is 28.7. The number of allylic oxidation sites excluding steroid dienone is 5. The minimum absolute atomic E-state index is 0.0886. The van der Waals surface area contributed by atoms with Crippen molar-refractivity contribution in [3.05, 3.63) is 35.2 Å². The monoisotopic (exact) mass is 648 g/mol. The van der Waals surface area contributed by atoms with Gasteiger partial charge in [-0.05, 0) is 101 Å². The molecule has 1 aliphatic heterocycles. The molecule has 1 aliphatic rings. The molecule has 0 aliphatic carbocycles. The zero-order chi connectivity index (χ0) is 33.7. The highest BCUT2D eigenvalue weighted by Crippen LogP contribution is 2.29. The molecule has 4 N–H and O–H groups in total. The van der Waals surface area contributed by atoms with Gasteiger partial charge in [0.25, 0.3) is 0 Å². The van der Waals surface area contributed by atoms with Crippen LogP contribution in [0.1, 0.15) is 148 Å². The number of carbonyl (C=O) groups excluding carboxylic acids is 1. The largest absolute Gasteiger partial charge is 0.481 e. The average molecular weight is 649 g/mol. The summed E-state index contributed by atoms with van der Waals surface area (Å²) in [4.78, 5) is 36.4. The number of aliphatic carboxylic acids is 2. The van der Waals surface area contributed by atoms with Gasteiger partial charge in [-0.15, -0.1) is 0 Å². The highest BCUT2D eigenvalue weighted by Gasteiger charge is 2.15. The lowest BCUT2D eigenvalue weighted by Crippen LogP contribution is -2.29. The predicted octanol–water partition coefficient (Wildman–Crippen LogP) is 7.89. The van der Waals surface area contributed by atoms with Crippen molar-refractivity contribution in [2.24, 2.45) is 0 Å². The fourth-order valence-corrected chi connectivity index (χ4v) is 5.86. The van der Waals surface area contributed by atoms with Crippen LogP contribution in [0.4, 0.5) is 0 Å². The predicted molar refractivity (Wildman–Crippen MR) is 184 cm³/mol. The molecule has 0 unspecified atom stereocenters. The number of nitrogens with one attached hydrogen (secondary N) is 1. The first-order valence-electron chi connectivity index (χ1n) is 18.1. The molecular weight excluding hydrogens is 584 g/mol. The summed E-state index contributed by atoms with van der Waals surface area (Å²) in [6, 6.07) is 0. The van der Waals surface area contributed by atoms with Crippen LogP contribution in [-0.2, 0) is 19.1 Å². The lowest BCUT2D eigenvalue weighted by molar-refractivity contribution is -0.144. The molecule has 9 heteroatoms. The van der Waals surface area contributed by atoms with Crippen molar-refractivity contribution in [3.8, 4) is 0 Å². The van der Waals surface area contributed by atoms with E-state index in [1.807, 2.05) is 12.3 Å². The van der Waals surface area contributed by atoms with E-state index >= 15 is 0 Å². The van der Waals surface area contributed by atoms with E-state index in [0.29, 0.717) is 32.4 Å². The Morgan fingerprint density at radius 3 is 1.96 bits per heavy atom. The van der Waals surface area contributed by atoms with Gasteiger partial charge in [-0.3, -0.25) is 14.4 Å². The van der Waals surface area contributed by atoms with Crippen molar-refractivity contribution < 1.29 is 34.4 Å². The second kappa shape index (κ2) is 28.6. The summed E-state index contributed by atoms with van der Waals surface area (Å²) in [5.74, 6) is -1.68. The maximum absolute atomic E-state index is 12.2. The summed E-state index contributed by atoms with van der Waals surface area (Å²) >= 11 is 0. The molecule has 0 fully saturated rings. The van der Waals surface area contributed by atoms with E-state index in [1.54, 1.807) is 0 Å². The van der Waals surface area contributed by atoms with E-state index in [2.05, 4.69) is 23.2 Å². The van der Waals surface area contributed by atoms with E-state index in [1.165, 1.54) is 56.1 Å². The number of rotatable bonds is 31. The number of esters is 1. The third kappa shape index (κ3) is 22.8. The maximum Gasteiger partial charge on any atom is 0.305 e. The lowest BCUT2D eigenvalue weighted by atomic mass is 9.92. The number of ether oxygens (including phenoxy) is 1. The molecule has 0 bridgehead atoms. The number of unbranched alkanes of at least 4 members (excludes halogenated alkanes) is 11. The van der Waals surface area contributed by atoms with Crippen LogP contribution in [0.5, 0.6) is 0 Å². The van der Waals surface area contributed by atoms with Crippen LogP contribution in [0, 0.1) is 0 Å². The van der Waals surface area contributed by atoms with E-state index in [4.69, 9.17) is 14.9 Å². The van der Waals surface area contributed by atoms with Gasteiger partial charge >= 0.3 is 17.9 Å². The first kappa shape index (κ1) is 41.4. The minimum atomic E-state index is -0.783. The standard InChI is InChI=1S/C37H64N2O7/c1-2-3-4-5-6-7-8-9-16-31-46-37(45)25-14-15-27-39(29-30-40)28-18-20-32-19-17-26-38-34(22-11-13-24-36(43)44)33(32)21-10-12-23-35(41)42/h17,19,26,38,40H,2-16,18,20-25,27-31H2,1H3,(H,41,42)(H,43,44).